The molecule has 0 radical (unpaired) electrons. The van der Waals surface area contributed by atoms with Crippen molar-refractivity contribution in [2.75, 3.05) is 36.5 Å². The maximum Gasteiger partial charge on any atom is 0.265 e. The normalized spacial score (nSPS) is 17.2. The highest BCUT2D eigenvalue weighted by Crippen LogP contribution is 2.35. The fraction of sp³-hybridized carbons (Fsp3) is 0.550. The second-order valence-corrected chi connectivity index (χ2v) is 8.10. The zero-order valence-corrected chi connectivity index (χ0v) is 16.2. The van der Waals surface area contributed by atoms with Crippen molar-refractivity contribution in [1.29, 1.82) is 0 Å². The molecule has 2 aliphatic rings. The third kappa shape index (κ3) is 4.40. The first-order valence-corrected chi connectivity index (χ1v) is 9.42. The van der Waals surface area contributed by atoms with Crippen molar-refractivity contribution in [2.24, 2.45) is 5.41 Å². The van der Waals surface area contributed by atoms with Crippen molar-refractivity contribution in [3.8, 4) is 5.75 Å². The Morgan fingerprint density at radius 2 is 1.85 bits per heavy atom. The number of benzene rings is 1. The number of rotatable bonds is 3. The van der Waals surface area contributed by atoms with E-state index in [9.17, 15) is 14.4 Å². The molecule has 7 heteroatoms. The van der Waals surface area contributed by atoms with Crippen LogP contribution in [0.25, 0.3) is 0 Å². The molecule has 2 heterocycles. The largest absolute Gasteiger partial charge is 0.482 e. The molecule has 146 valence electrons. The van der Waals surface area contributed by atoms with Gasteiger partial charge in [0.05, 0.1) is 5.69 Å². The van der Waals surface area contributed by atoms with Gasteiger partial charge in [0.2, 0.25) is 11.8 Å². The van der Waals surface area contributed by atoms with Crippen molar-refractivity contribution < 1.29 is 19.1 Å². The molecule has 1 aromatic carbocycles. The topological polar surface area (TPSA) is 79.0 Å². The molecule has 0 aliphatic carbocycles. The number of likely N-dealkylation sites (tertiary alicyclic amines) is 1. The molecule has 0 atom stereocenters. The minimum absolute atomic E-state index is 0.00807. The van der Waals surface area contributed by atoms with Crippen LogP contribution in [0, 0.1) is 5.41 Å². The van der Waals surface area contributed by atoms with E-state index >= 15 is 0 Å². The molecule has 3 rings (SSSR count). The molecule has 27 heavy (non-hydrogen) atoms. The Kier molecular flexibility index (Phi) is 5.39. The summed E-state index contributed by atoms with van der Waals surface area (Å²) in [4.78, 5) is 40.6. The summed E-state index contributed by atoms with van der Waals surface area (Å²) in [5, 5.41) is 2.86. The molecule has 0 saturated carbocycles. The van der Waals surface area contributed by atoms with E-state index in [0.29, 0.717) is 17.1 Å². The summed E-state index contributed by atoms with van der Waals surface area (Å²) in [5.74, 6) is 0.100. The van der Waals surface area contributed by atoms with Crippen molar-refractivity contribution in [1.82, 2.24) is 4.90 Å². The van der Waals surface area contributed by atoms with Crippen LogP contribution >= 0.6 is 0 Å². The van der Waals surface area contributed by atoms with E-state index in [4.69, 9.17) is 4.74 Å². The summed E-state index contributed by atoms with van der Waals surface area (Å²) in [6, 6.07) is 5.15. The molecule has 1 aromatic rings. The number of fused-ring (bicyclic) bond motifs is 1. The number of hydrogen-bond donors (Lipinski definition) is 1. The molecular formula is C20H27N3O4. The van der Waals surface area contributed by atoms with Gasteiger partial charge in [-0.25, -0.2) is 0 Å². The van der Waals surface area contributed by atoms with E-state index in [-0.39, 0.29) is 30.9 Å². The molecule has 1 saturated heterocycles. The third-order valence-electron chi connectivity index (χ3n) is 4.84. The average Bonchev–Trinajstić information content (AvgIpc) is 2.64. The van der Waals surface area contributed by atoms with E-state index in [1.807, 2.05) is 25.7 Å². The van der Waals surface area contributed by atoms with Crippen LogP contribution in [0.5, 0.6) is 5.75 Å². The fourth-order valence-electron chi connectivity index (χ4n) is 3.15. The van der Waals surface area contributed by atoms with Crippen LogP contribution in [-0.4, -0.2) is 48.9 Å². The lowest BCUT2D eigenvalue weighted by Crippen LogP contribution is -2.47. The van der Waals surface area contributed by atoms with Gasteiger partial charge in [0.1, 0.15) is 12.3 Å². The van der Waals surface area contributed by atoms with Crippen LogP contribution in [0.3, 0.4) is 0 Å². The molecule has 2 aliphatic heterocycles. The molecule has 7 nitrogen and oxygen atoms in total. The quantitative estimate of drug-likeness (QED) is 0.882. The predicted octanol–water partition coefficient (Wildman–Crippen LogP) is 2.41. The second kappa shape index (κ2) is 7.58. The van der Waals surface area contributed by atoms with Crippen LogP contribution in [-0.2, 0) is 14.4 Å². The number of carbonyl (C=O) groups excluding carboxylic acids is 3. The Labute approximate surface area is 159 Å². The van der Waals surface area contributed by atoms with Crippen molar-refractivity contribution in [3.63, 3.8) is 0 Å². The van der Waals surface area contributed by atoms with Crippen LogP contribution in [0.15, 0.2) is 18.2 Å². The first-order valence-electron chi connectivity index (χ1n) is 9.42. The molecular weight excluding hydrogens is 346 g/mol. The Morgan fingerprint density at radius 3 is 2.52 bits per heavy atom. The lowest BCUT2D eigenvalue weighted by molar-refractivity contribution is -0.132. The van der Waals surface area contributed by atoms with Gasteiger partial charge in [-0.3, -0.25) is 19.3 Å². The van der Waals surface area contributed by atoms with Crippen LogP contribution in [0.2, 0.25) is 0 Å². The summed E-state index contributed by atoms with van der Waals surface area (Å²) in [7, 11) is 0. The minimum Gasteiger partial charge on any atom is -0.482 e. The maximum absolute atomic E-state index is 12.6. The smallest absolute Gasteiger partial charge is 0.265 e. The number of piperidine rings is 1. The SMILES string of the molecule is CC(C)(C)C(=O)Nc1ccc2c(c1)N(CC(=O)N1CCCCC1)C(=O)CO2. The highest BCUT2D eigenvalue weighted by Gasteiger charge is 2.30. The van der Waals surface area contributed by atoms with E-state index < -0.39 is 5.41 Å². The summed E-state index contributed by atoms with van der Waals surface area (Å²) in [6.45, 7) is 6.88. The first-order chi connectivity index (χ1) is 12.8. The third-order valence-corrected chi connectivity index (χ3v) is 4.84. The molecule has 1 fully saturated rings. The number of carbonyl (C=O) groups is 3. The monoisotopic (exact) mass is 373 g/mol. The molecule has 0 bridgehead atoms. The predicted molar refractivity (Wildman–Crippen MR) is 103 cm³/mol. The van der Waals surface area contributed by atoms with Gasteiger partial charge in [0.15, 0.2) is 6.61 Å². The standard InChI is InChI=1S/C20H27N3O4/c1-20(2,3)19(26)21-14-7-8-16-15(11-14)23(18(25)13-27-16)12-17(24)22-9-5-4-6-10-22/h7-8,11H,4-6,9-10,12-13H2,1-3H3,(H,21,26). The fourth-order valence-corrected chi connectivity index (χ4v) is 3.15. The minimum atomic E-state index is -0.536. The summed E-state index contributed by atoms with van der Waals surface area (Å²) < 4.78 is 5.49. The zero-order chi connectivity index (χ0) is 19.6. The van der Waals surface area contributed by atoms with Crippen LogP contribution < -0.4 is 15.0 Å². The van der Waals surface area contributed by atoms with Crippen molar-refractivity contribution in [3.05, 3.63) is 18.2 Å². The van der Waals surface area contributed by atoms with Gasteiger partial charge in [-0.1, -0.05) is 20.8 Å². The van der Waals surface area contributed by atoms with Gasteiger partial charge in [0, 0.05) is 24.2 Å². The maximum atomic E-state index is 12.6. The highest BCUT2D eigenvalue weighted by atomic mass is 16.5. The first kappa shape index (κ1) is 19.2. The van der Waals surface area contributed by atoms with Gasteiger partial charge < -0.3 is 15.0 Å². The molecule has 0 aromatic heterocycles. The Morgan fingerprint density at radius 1 is 1.15 bits per heavy atom. The number of hydrogen-bond acceptors (Lipinski definition) is 4. The summed E-state index contributed by atoms with van der Waals surface area (Å²) in [5.41, 5.74) is 0.553. The van der Waals surface area contributed by atoms with Gasteiger partial charge in [-0.05, 0) is 37.5 Å². The molecule has 3 amide bonds. The number of nitrogens with zero attached hydrogens (tertiary/aromatic N) is 2. The van der Waals surface area contributed by atoms with Crippen molar-refractivity contribution in [2.45, 2.75) is 40.0 Å². The van der Waals surface area contributed by atoms with Crippen LogP contribution in [0.4, 0.5) is 11.4 Å². The number of anilines is 2. The van der Waals surface area contributed by atoms with E-state index in [1.54, 1.807) is 18.2 Å². The van der Waals surface area contributed by atoms with Crippen molar-refractivity contribution >= 4 is 29.1 Å². The zero-order valence-electron chi connectivity index (χ0n) is 16.2. The van der Waals surface area contributed by atoms with E-state index in [1.165, 1.54) is 4.90 Å². The van der Waals surface area contributed by atoms with Gasteiger partial charge >= 0.3 is 0 Å². The Bertz CT molecular complexity index is 748. The lowest BCUT2D eigenvalue weighted by atomic mass is 9.95. The summed E-state index contributed by atoms with van der Waals surface area (Å²) >= 11 is 0. The Balaban J connectivity index is 1.80. The average molecular weight is 373 g/mol. The van der Waals surface area contributed by atoms with E-state index in [0.717, 1.165) is 32.4 Å². The molecule has 0 spiro atoms. The van der Waals surface area contributed by atoms with Crippen LogP contribution in [0.1, 0.15) is 40.0 Å². The highest BCUT2D eigenvalue weighted by molar-refractivity contribution is 6.03. The van der Waals surface area contributed by atoms with Gasteiger partial charge in [-0.2, -0.15) is 0 Å². The number of ether oxygens (including phenoxy) is 1. The lowest BCUT2D eigenvalue weighted by Gasteiger charge is -2.33. The summed E-state index contributed by atoms with van der Waals surface area (Å²) in [6.07, 6.45) is 3.14. The van der Waals surface area contributed by atoms with Gasteiger partial charge in [0.25, 0.3) is 5.91 Å². The van der Waals surface area contributed by atoms with E-state index in [2.05, 4.69) is 5.32 Å². The number of amides is 3. The Hall–Kier alpha value is -2.57. The number of nitrogens with one attached hydrogen (secondary N) is 1. The molecule has 1 N–H and O–H groups in total. The van der Waals surface area contributed by atoms with Gasteiger partial charge in [-0.15, -0.1) is 0 Å². The molecule has 0 unspecified atom stereocenters. The second-order valence-electron chi connectivity index (χ2n) is 8.10.